The smallest absolute Gasteiger partial charge is 0.311 e. The van der Waals surface area contributed by atoms with Gasteiger partial charge in [-0.05, 0) is 12.5 Å². The van der Waals surface area contributed by atoms with Crippen molar-refractivity contribution in [2.24, 2.45) is 17.8 Å². The minimum atomic E-state index is -1.00. The van der Waals surface area contributed by atoms with Gasteiger partial charge in [-0.2, -0.15) is 0 Å². The van der Waals surface area contributed by atoms with Gasteiger partial charge in [0.15, 0.2) is 5.78 Å². The Kier molecular flexibility index (Phi) is 2.44. The summed E-state index contributed by atoms with van der Waals surface area (Å²) in [7, 11) is 0. The highest BCUT2D eigenvalue weighted by molar-refractivity contribution is 5.96. The number of hydrogen-bond donors (Lipinski definition) is 2. The van der Waals surface area contributed by atoms with E-state index in [9.17, 15) is 14.7 Å². The predicted molar refractivity (Wildman–Crippen MR) is 52.0 cm³/mol. The van der Waals surface area contributed by atoms with Gasteiger partial charge in [0.1, 0.15) is 0 Å². The van der Waals surface area contributed by atoms with Crippen LogP contribution in [0, 0.1) is 17.8 Å². The van der Waals surface area contributed by atoms with E-state index in [1.165, 1.54) is 12.2 Å². The van der Waals surface area contributed by atoms with E-state index in [1.807, 2.05) is 0 Å². The Morgan fingerprint density at radius 2 is 2.13 bits per heavy atom. The fourth-order valence-corrected chi connectivity index (χ4v) is 2.34. The van der Waals surface area contributed by atoms with Crippen LogP contribution in [0.5, 0.6) is 0 Å². The highest BCUT2D eigenvalue weighted by Gasteiger charge is 2.43. The van der Waals surface area contributed by atoms with Crippen LogP contribution in [0.1, 0.15) is 6.42 Å². The zero-order valence-electron chi connectivity index (χ0n) is 8.04. The van der Waals surface area contributed by atoms with Crippen LogP contribution in [0.15, 0.2) is 24.3 Å². The molecule has 0 aliphatic heterocycles. The van der Waals surface area contributed by atoms with E-state index in [-0.39, 0.29) is 11.7 Å². The Balaban J connectivity index is 2.36. The number of aliphatic hydroxyl groups excluding tert-OH is 1. The van der Waals surface area contributed by atoms with Gasteiger partial charge in [0.25, 0.3) is 0 Å². The second-order valence-electron chi connectivity index (χ2n) is 3.97. The number of carboxylic acids is 1. The molecule has 4 heteroatoms. The number of fused-ring (bicyclic) bond motifs is 1. The summed E-state index contributed by atoms with van der Waals surface area (Å²) in [6, 6.07) is 0. The fraction of sp³-hybridized carbons (Fsp3) is 0.455. The summed E-state index contributed by atoms with van der Waals surface area (Å²) in [5.74, 6) is -2.88. The van der Waals surface area contributed by atoms with Gasteiger partial charge < -0.3 is 10.2 Å². The third-order valence-corrected chi connectivity index (χ3v) is 3.11. The van der Waals surface area contributed by atoms with Crippen LogP contribution in [-0.2, 0) is 9.59 Å². The second kappa shape index (κ2) is 3.62. The maximum Gasteiger partial charge on any atom is 0.311 e. The molecule has 0 amide bonds. The summed E-state index contributed by atoms with van der Waals surface area (Å²) in [6.45, 7) is 0. The van der Waals surface area contributed by atoms with E-state index in [1.54, 1.807) is 12.2 Å². The van der Waals surface area contributed by atoms with Crippen LogP contribution in [-0.4, -0.2) is 28.1 Å². The first-order valence-electron chi connectivity index (χ1n) is 4.91. The number of aliphatic carboxylic acids is 1. The zero-order valence-corrected chi connectivity index (χ0v) is 8.04. The average molecular weight is 208 g/mol. The molecule has 0 saturated heterocycles. The van der Waals surface area contributed by atoms with Crippen LogP contribution in [0.4, 0.5) is 0 Å². The Morgan fingerprint density at radius 3 is 2.80 bits per heavy atom. The molecular formula is C11H12O4. The van der Waals surface area contributed by atoms with Crippen molar-refractivity contribution in [3.8, 4) is 0 Å². The SMILES string of the molecule is O=C1C=C[C@@H](O)[C@@H]2CC=C[C@H](C(=O)O)[C@@H]12. The summed E-state index contributed by atoms with van der Waals surface area (Å²) < 4.78 is 0. The lowest BCUT2D eigenvalue weighted by Crippen LogP contribution is -2.42. The molecular weight excluding hydrogens is 196 g/mol. The van der Waals surface area contributed by atoms with E-state index < -0.39 is 23.9 Å². The number of carbonyl (C=O) groups is 2. The normalized spacial score (nSPS) is 38.9. The molecule has 0 radical (unpaired) electrons. The quantitative estimate of drug-likeness (QED) is 0.611. The molecule has 2 N–H and O–H groups in total. The van der Waals surface area contributed by atoms with Gasteiger partial charge >= 0.3 is 5.97 Å². The first kappa shape index (κ1) is 10.1. The Labute approximate surface area is 86.9 Å². The molecule has 4 nitrogen and oxygen atoms in total. The number of hydrogen-bond acceptors (Lipinski definition) is 3. The van der Waals surface area contributed by atoms with Gasteiger partial charge in [0.2, 0.25) is 0 Å². The van der Waals surface area contributed by atoms with Crippen LogP contribution >= 0.6 is 0 Å². The van der Waals surface area contributed by atoms with Gasteiger partial charge in [0.05, 0.1) is 12.0 Å². The molecule has 15 heavy (non-hydrogen) atoms. The largest absolute Gasteiger partial charge is 0.481 e. The van der Waals surface area contributed by atoms with Gasteiger partial charge in [-0.15, -0.1) is 0 Å². The third-order valence-electron chi connectivity index (χ3n) is 3.11. The molecule has 0 aromatic rings. The number of aliphatic hydroxyl groups is 1. The summed E-state index contributed by atoms with van der Waals surface area (Å²) >= 11 is 0. The van der Waals surface area contributed by atoms with Crippen LogP contribution < -0.4 is 0 Å². The van der Waals surface area contributed by atoms with E-state index in [0.29, 0.717) is 6.42 Å². The molecule has 2 rings (SSSR count). The molecule has 0 aromatic carbocycles. The Bertz CT molecular complexity index is 356. The maximum absolute atomic E-state index is 11.6. The topological polar surface area (TPSA) is 74.6 Å². The Hall–Kier alpha value is -1.42. The predicted octanol–water partition coefficient (Wildman–Crippen LogP) is 0.379. The highest BCUT2D eigenvalue weighted by atomic mass is 16.4. The summed E-state index contributed by atoms with van der Waals surface area (Å²) in [5.41, 5.74) is 0. The van der Waals surface area contributed by atoms with E-state index in [2.05, 4.69) is 0 Å². The molecule has 0 unspecified atom stereocenters. The molecule has 0 bridgehead atoms. The monoisotopic (exact) mass is 208 g/mol. The molecule has 0 saturated carbocycles. The standard InChI is InChI=1S/C11H12O4/c12-8-4-5-9(13)10-6(8)2-1-3-7(10)11(14)15/h1,3-8,10,12H,2H2,(H,14,15)/t6-,7-,8+,10-/m0/s1. The van der Waals surface area contributed by atoms with E-state index in [0.717, 1.165) is 0 Å². The van der Waals surface area contributed by atoms with Crippen LogP contribution in [0.25, 0.3) is 0 Å². The van der Waals surface area contributed by atoms with Crippen molar-refractivity contribution in [3.05, 3.63) is 24.3 Å². The van der Waals surface area contributed by atoms with Crippen molar-refractivity contribution in [3.63, 3.8) is 0 Å². The molecule has 0 aromatic heterocycles. The molecule has 80 valence electrons. The van der Waals surface area contributed by atoms with Crippen LogP contribution in [0.3, 0.4) is 0 Å². The lowest BCUT2D eigenvalue weighted by atomic mass is 9.69. The van der Waals surface area contributed by atoms with Crippen molar-refractivity contribution < 1.29 is 19.8 Å². The van der Waals surface area contributed by atoms with Crippen molar-refractivity contribution in [1.29, 1.82) is 0 Å². The van der Waals surface area contributed by atoms with Crippen molar-refractivity contribution >= 4 is 11.8 Å². The number of allylic oxidation sites excluding steroid dienone is 2. The van der Waals surface area contributed by atoms with Crippen LogP contribution in [0.2, 0.25) is 0 Å². The zero-order chi connectivity index (χ0) is 11.0. The maximum atomic E-state index is 11.6. The minimum absolute atomic E-state index is 0.193. The average Bonchev–Trinajstić information content (AvgIpc) is 2.23. The molecule has 0 spiro atoms. The number of carboxylic acid groups (broad SMARTS) is 1. The minimum Gasteiger partial charge on any atom is -0.481 e. The van der Waals surface area contributed by atoms with E-state index in [4.69, 9.17) is 5.11 Å². The van der Waals surface area contributed by atoms with Crippen molar-refractivity contribution in [1.82, 2.24) is 0 Å². The number of carbonyl (C=O) groups excluding carboxylic acids is 1. The van der Waals surface area contributed by atoms with Crippen molar-refractivity contribution in [2.75, 3.05) is 0 Å². The summed E-state index contributed by atoms with van der Waals surface area (Å²) in [4.78, 5) is 22.5. The van der Waals surface area contributed by atoms with Crippen molar-refractivity contribution in [2.45, 2.75) is 12.5 Å². The highest BCUT2D eigenvalue weighted by Crippen LogP contribution is 2.36. The first-order chi connectivity index (χ1) is 7.11. The summed E-state index contributed by atoms with van der Waals surface area (Å²) in [5, 5.41) is 18.6. The van der Waals surface area contributed by atoms with Gasteiger partial charge in [-0.1, -0.05) is 18.2 Å². The fourth-order valence-electron chi connectivity index (χ4n) is 2.34. The second-order valence-corrected chi connectivity index (χ2v) is 3.97. The van der Waals surface area contributed by atoms with E-state index >= 15 is 0 Å². The molecule has 4 atom stereocenters. The number of ketones is 1. The molecule has 0 fully saturated rings. The lowest BCUT2D eigenvalue weighted by molar-refractivity contribution is -0.146. The third kappa shape index (κ3) is 1.61. The van der Waals surface area contributed by atoms with Gasteiger partial charge in [0, 0.05) is 11.8 Å². The van der Waals surface area contributed by atoms with Gasteiger partial charge in [-0.25, -0.2) is 0 Å². The first-order valence-corrected chi connectivity index (χ1v) is 4.91. The van der Waals surface area contributed by atoms with Gasteiger partial charge in [-0.3, -0.25) is 9.59 Å². The lowest BCUT2D eigenvalue weighted by Gasteiger charge is -2.35. The summed E-state index contributed by atoms with van der Waals surface area (Å²) in [6.07, 6.45) is 5.87. The Morgan fingerprint density at radius 1 is 1.40 bits per heavy atom. The molecule has 2 aliphatic rings. The number of rotatable bonds is 1. The molecule has 2 aliphatic carbocycles. The molecule has 0 heterocycles.